The van der Waals surface area contributed by atoms with Crippen LogP contribution in [0.25, 0.3) is 0 Å². The minimum absolute atomic E-state index is 0.239. The van der Waals surface area contributed by atoms with E-state index in [9.17, 15) is 4.39 Å². The van der Waals surface area contributed by atoms with E-state index in [4.69, 9.17) is 10.5 Å². The van der Waals surface area contributed by atoms with Crippen molar-refractivity contribution in [1.82, 2.24) is 0 Å². The second-order valence-corrected chi connectivity index (χ2v) is 5.02. The van der Waals surface area contributed by atoms with Gasteiger partial charge in [-0.3, -0.25) is 0 Å². The molecule has 0 bridgehead atoms. The van der Waals surface area contributed by atoms with Gasteiger partial charge in [0.25, 0.3) is 0 Å². The SMILES string of the molecule is COc1cc(F)c(C2(N)CCCCC2)cc1C. The van der Waals surface area contributed by atoms with Crippen LogP contribution < -0.4 is 10.5 Å². The quantitative estimate of drug-likeness (QED) is 0.856. The summed E-state index contributed by atoms with van der Waals surface area (Å²) >= 11 is 0. The van der Waals surface area contributed by atoms with E-state index in [0.29, 0.717) is 11.3 Å². The topological polar surface area (TPSA) is 35.2 Å². The Kier molecular flexibility index (Phi) is 3.38. The van der Waals surface area contributed by atoms with Crippen LogP contribution in [0.4, 0.5) is 4.39 Å². The molecule has 3 heteroatoms. The first-order chi connectivity index (χ1) is 8.07. The first kappa shape index (κ1) is 12.4. The minimum Gasteiger partial charge on any atom is -0.496 e. The molecule has 0 aromatic heterocycles. The summed E-state index contributed by atoms with van der Waals surface area (Å²) < 4.78 is 19.2. The summed E-state index contributed by atoms with van der Waals surface area (Å²) in [6.07, 6.45) is 5.11. The molecular weight excluding hydrogens is 217 g/mol. The van der Waals surface area contributed by atoms with Gasteiger partial charge < -0.3 is 10.5 Å². The van der Waals surface area contributed by atoms with Crippen LogP contribution in [-0.4, -0.2) is 7.11 Å². The van der Waals surface area contributed by atoms with Crippen LogP contribution in [0.3, 0.4) is 0 Å². The summed E-state index contributed by atoms with van der Waals surface area (Å²) in [5.74, 6) is 0.350. The average Bonchev–Trinajstić information content (AvgIpc) is 2.32. The van der Waals surface area contributed by atoms with E-state index in [1.807, 2.05) is 13.0 Å². The van der Waals surface area contributed by atoms with Gasteiger partial charge >= 0.3 is 0 Å². The molecule has 0 spiro atoms. The highest BCUT2D eigenvalue weighted by molar-refractivity contribution is 5.40. The van der Waals surface area contributed by atoms with Crippen molar-refractivity contribution in [3.05, 3.63) is 29.1 Å². The fourth-order valence-corrected chi connectivity index (χ4v) is 2.72. The molecule has 0 heterocycles. The second kappa shape index (κ2) is 4.65. The van der Waals surface area contributed by atoms with E-state index in [1.165, 1.54) is 12.5 Å². The maximum Gasteiger partial charge on any atom is 0.131 e. The van der Waals surface area contributed by atoms with Gasteiger partial charge in [0.05, 0.1) is 7.11 Å². The lowest BCUT2D eigenvalue weighted by Gasteiger charge is -2.34. The number of halogens is 1. The highest BCUT2D eigenvalue weighted by Crippen LogP contribution is 2.37. The van der Waals surface area contributed by atoms with Gasteiger partial charge in [0.2, 0.25) is 0 Å². The number of ether oxygens (including phenoxy) is 1. The first-order valence-electron chi connectivity index (χ1n) is 6.20. The van der Waals surface area contributed by atoms with Crippen molar-refractivity contribution in [2.45, 2.75) is 44.6 Å². The Morgan fingerprint density at radius 3 is 2.47 bits per heavy atom. The summed E-state index contributed by atoms with van der Waals surface area (Å²) in [4.78, 5) is 0. The van der Waals surface area contributed by atoms with E-state index >= 15 is 0 Å². The fourth-order valence-electron chi connectivity index (χ4n) is 2.72. The standard InChI is InChI=1S/C14H20FNO/c1-10-8-11(12(15)9-13(10)17-2)14(16)6-4-3-5-7-14/h8-9H,3-7,16H2,1-2H3. The molecule has 0 aliphatic heterocycles. The number of nitrogens with two attached hydrogens (primary N) is 1. The van der Waals surface area contributed by atoms with Crippen molar-refractivity contribution in [2.75, 3.05) is 7.11 Å². The van der Waals surface area contributed by atoms with E-state index < -0.39 is 5.54 Å². The maximum absolute atomic E-state index is 14.1. The lowest BCUT2D eigenvalue weighted by Crippen LogP contribution is -2.39. The van der Waals surface area contributed by atoms with Crippen molar-refractivity contribution in [2.24, 2.45) is 5.73 Å². The predicted molar refractivity (Wildman–Crippen MR) is 66.6 cm³/mol. The molecule has 2 nitrogen and oxygen atoms in total. The van der Waals surface area contributed by atoms with Crippen LogP contribution in [-0.2, 0) is 5.54 Å². The van der Waals surface area contributed by atoms with Crippen molar-refractivity contribution in [1.29, 1.82) is 0 Å². The number of methoxy groups -OCH3 is 1. The molecule has 2 N–H and O–H groups in total. The molecule has 0 atom stereocenters. The van der Waals surface area contributed by atoms with Gasteiger partial charge in [-0.25, -0.2) is 4.39 Å². The first-order valence-corrected chi connectivity index (χ1v) is 6.20. The molecule has 2 rings (SSSR count). The Bertz CT molecular complexity index is 411. The number of hydrogen-bond donors (Lipinski definition) is 1. The van der Waals surface area contributed by atoms with Gasteiger partial charge in [-0.05, 0) is 31.4 Å². The van der Waals surface area contributed by atoms with Crippen LogP contribution >= 0.6 is 0 Å². The van der Waals surface area contributed by atoms with Crippen molar-refractivity contribution < 1.29 is 9.13 Å². The molecule has 94 valence electrons. The van der Waals surface area contributed by atoms with Crippen LogP contribution in [0.2, 0.25) is 0 Å². The van der Waals surface area contributed by atoms with Gasteiger partial charge in [0, 0.05) is 17.2 Å². The van der Waals surface area contributed by atoms with Crippen molar-refractivity contribution in [3.8, 4) is 5.75 Å². The number of hydrogen-bond acceptors (Lipinski definition) is 2. The second-order valence-electron chi connectivity index (χ2n) is 5.02. The summed E-state index contributed by atoms with van der Waals surface area (Å²) in [6, 6.07) is 3.30. The Hall–Kier alpha value is -1.09. The van der Waals surface area contributed by atoms with Crippen molar-refractivity contribution in [3.63, 3.8) is 0 Å². The van der Waals surface area contributed by atoms with E-state index in [2.05, 4.69) is 0 Å². The number of rotatable bonds is 2. The maximum atomic E-state index is 14.1. The molecule has 0 unspecified atom stereocenters. The average molecular weight is 237 g/mol. The van der Waals surface area contributed by atoms with Gasteiger partial charge in [0.15, 0.2) is 0 Å². The number of benzene rings is 1. The number of aryl methyl sites for hydroxylation is 1. The normalized spacial score (nSPS) is 19.1. The molecule has 0 radical (unpaired) electrons. The van der Waals surface area contributed by atoms with E-state index in [1.54, 1.807) is 7.11 Å². The molecule has 0 amide bonds. The third-order valence-electron chi connectivity index (χ3n) is 3.77. The van der Waals surface area contributed by atoms with E-state index in [-0.39, 0.29) is 5.82 Å². The monoisotopic (exact) mass is 237 g/mol. The van der Waals surface area contributed by atoms with E-state index in [0.717, 1.165) is 31.2 Å². The molecule has 1 fully saturated rings. The third kappa shape index (κ3) is 2.29. The Labute approximate surface area is 102 Å². The molecule has 17 heavy (non-hydrogen) atoms. The summed E-state index contributed by atoms with van der Waals surface area (Å²) in [6.45, 7) is 1.92. The third-order valence-corrected chi connectivity index (χ3v) is 3.77. The highest BCUT2D eigenvalue weighted by Gasteiger charge is 2.32. The Morgan fingerprint density at radius 2 is 1.88 bits per heavy atom. The molecule has 1 saturated carbocycles. The summed E-state index contributed by atoms with van der Waals surface area (Å²) in [5.41, 5.74) is 7.47. The van der Waals surface area contributed by atoms with Crippen LogP contribution in [0.15, 0.2) is 12.1 Å². The van der Waals surface area contributed by atoms with Crippen LogP contribution in [0, 0.1) is 12.7 Å². The molecule has 0 saturated heterocycles. The van der Waals surface area contributed by atoms with Crippen LogP contribution in [0.1, 0.15) is 43.2 Å². The molecule has 1 aromatic rings. The zero-order valence-electron chi connectivity index (χ0n) is 10.6. The van der Waals surface area contributed by atoms with Gasteiger partial charge in [-0.2, -0.15) is 0 Å². The van der Waals surface area contributed by atoms with Gasteiger partial charge in [0.1, 0.15) is 11.6 Å². The lowest BCUT2D eigenvalue weighted by molar-refractivity contribution is 0.292. The lowest BCUT2D eigenvalue weighted by atomic mass is 9.77. The van der Waals surface area contributed by atoms with Crippen molar-refractivity contribution >= 4 is 0 Å². The smallest absolute Gasteiger partial charge is 0.131 e. The summed E-state index contributed by atoms with van der Waals surface area (Å²) in [7, 11) is 1.56. The molecular formula is C14H20FNO. The largest absolute Gasteiger partial charge is 0.496 e. The van der Waals surface area contributed by atoms with Gasteiger partial charge in [-0.1, -0.05) is 19.3 Å². The Morgan fingerprint density at radius 1 is 1.24 bits per heavy atom. The Balaban J connectivity index is 2.41. The zero-order chi connectivity index (χ0) is 12.5. The molecule has 1 aliphatic carbocycles. The molecule has 1 aromatic carbocycles. The van der Waals surface area contributed by atoms with Crippen LogP contribution in [0.5, 0.6) is 5.75 Å². The minimum atomic E-state index is -0.487. The fraction of sp³-hybridized carbons (Fsp3) is 0.571. The predicted octanol–water partition coefficient (Wildman–Crippen LogP) is 3.26. The summed E-state index contributed by atoms with van der Waals surface area (Å²) in [5, 5.41) is 0. The highest BCUT2D eigenvalue weighted by atomic mass is 19.1. The molecule has 1 aliphatic rings. The van der Waals surface area contributed by atoms with Gasteiger partial charge in [-0.15, -0.1) is 0 Å². The zero-order valence-corrected chi connectivity index (χ0v) is 10.6.